The van der Waals surface area contributed by atoms with Gasteiger partial charge < -0.3 is 19.3 Å². The van der Waals surface area contributed by atoms with Gasteiger partial charge in [-0.25, -0.2) is 0 Å². The zero-order valence-corrected chi connectivity index (χ0v) is 18.6. The summed E-state index contributed by atoms with van der Waals surface area (Å²) in [7, 11) is 1.71. The van der Waals surface area contributed by atoms with Crippen LogP contribution in [0.3, 0.4) is 0 Å². The van der Waals surface area contributed by atoms with Crippen molar-refractivity contribution in [3.05, 3.63) is 23.3 Å². The van der Waals surface area contributed by atoms with Gasteiger partial charge in [0.05, 0.1) is 31.0 Å². The second kappa shape index (κ2) is 8.09. The van der Waals surface area contributed by atoms with Gasteiger partial charge in [-0.1, -0.05) is 6.42 Å². The van der Waals surface area contributed by atoms with Crippen LogP contribution in [-0.4, -0.2) is 54.1 Å². The Balaban J connectivity index is 1.54. The molecular weight excluding hydrogens is 366 g/mol. The molecule has 3 unspecified atom stereocenters. The number of piperidine rings is 1. The molecule has 3 aliphatic rings. The molecule has 0 aromatic heterocycles. The van der Waals surface area contributed by atoms with Gasteiger partial charge in [0.2, 0.25) is 0 Å². The number of ether oxygens (including phenoxy) is 3. The predicted octanol–water partition coefficient (Wildman–Crippen LogP) is 4.11. The van der Waals surface area contributed by atoms with E-state index < -0.39 is 6.10 Å². The first-order chi connectivity index (χ1) is 13.7. The highest BCUT2D eigenvalue weighted by Gasteiger charge is 2.40. The van der Waals surface area contributed by atoms with E-state index in [2.05, 4.69) is 24.0 Å². The smallest absolute Gasteiger partial charge is 0.161 e. The number of aliphatic hydroxyl groups excluding tert-OH is 1. The van der Waals surface area contributed by atoms with Crippen LogP contribution in [0.25, 0.3) is 0 Å². The summed E-state index contributed by atoms with van der Waals surface area (Å²) < 4.78 is 18.2. The fourth-order valence-electron chi connectivity index (χ4n) is 5.02. The maximum Gasteiger partial charge on any atom is 0.161 e. The maximum absolute atomic E-state index is 10.8. The number of rotatable bonds is 5. The van der Waals surface area contributed by atoms with Gasteiger partial charge in [-0.3, -0.25) is 4.90 Å². The van der Waals surface area contributed by atoms with Crippen LogP contribution in [0, 0.1) is 5.92 Å². The first kappa shape index (κ1) is 21.0. The Bertz CT molecular complexity index is 724. The summed E-state index contributed by atoms with van der Waals surface area (Å²) in [4.78, 5) is 2.46. The second-order valence-electron chi connectivity index (χ2n) is 10.0. The molecule has 1 saturated carbocycles. The lowest BCUT2D eigenvalue weighted by molar-refractivity contribution is -0.149. The largest absolute Gasteiger partial charge is 0.493 e. The molecule has 4 atom stereocenters. The average Bonchev–Trinajstić information content (AvgIpc) is 2.59. The van der Waals surface area contributed by atoms with Crippen LogP contribution >= 0.6 is 0 Å². The van der Waals surface area contributed by atoms with Crippen LogP contribution in [0.5, 0.6) is 11.5 Å². The molecule has 1 saturated heterocycles. The van der Waals surface area contributed by atoms with Gasteiger partial charge in [0.25, 0.3) is 0 Å². The third kappa shape index (κ3) is 4.42. The lowest BCUT2D eigenvalue weighted by Gasteiger charge is -2.47. The van der Waals surface area contributed by atoms with E-state index in [1.807, 2.05) is 20.8 Å². The summed E-state index contributed by atoms with van der Waals surface area (Å²) in [6.07, 6.45) is 5.16. The molecule has 0 spiro atoms. The van der Waals surface area contributed by atoms with Crippen molar-refractivity contribution < 1.29 is 19.3 Å². The topological polar surface area (TPSA) is 51.2 Å². The SMILES string of the molecule is COc1cc2c(cc1O[C@@H](C)C1CCC1)CCN1CC(OC(C)(C)C)C(O)CC21. The molecule has 1 aromatic rings. The van der Waals surface area contributed by atoms with Crippen LogP contribution < -0.4 is 9.47 Å². The van der Waals surface area contributed by atoms with Crippen molar-refractivity contribution in [3.63, 3.8) is 0 Å². The van der Waals surface area contributed by atoms with Crippen molar-refractivity contribution >= 4 is 0 Å². The molecule has 5 heteroatoms. The molecule has 0 bridgehead atoms. The third-order valence-electron chi connectivity index (χ3n) is 6.83. The van der Waals surface area contributed by atoms with E-state index in [9.17, 15) is 5.11 Å². The lowest BCUT2D eigenvalue weighted by atomic mass is 9.81. The Kier molecular flexibility index (Phi) is 5.84. The summed E-state index contributed by atoms with van der Waals surface area (Å²) in [5.41, 5.74) is 2.34. The van der Waals surface area contributed by atoms with E-state index in [0.29, 0.717) is 12.3 Å². The van der Waals surface area contributed by atoms with Crippen LogP contribution in [0.1, 0.15) is 70.5 Å². The van der Waals surface area contributed by atoms with E-state index in [1.54, 1.807) is 7.11 Å². The van der Waals surface area contributed by atoms with Gasteiger partial charge in [0.15, 0.2) is 11.5 Å². The molecule has 1 aromatic carbocycles. The Morgan fingerprint density at radius 3 is 2.55 bits per heavy atom. The highest BCUT2D eigenvalue weighted by atomic mass is 16.5. The Labute approximate surface area is 175 Å². The molecule has 2 aliphatic heterocycles. The van der Waals surface area contributed by atoms with E-state index in [4.69, 9.17) is 14.2 Å². The average molecular weight is 404 g/mol. The molecule has 5 nitrogen and oxygen atoms in total. The zero-order chi connectivity index (χ0) is 20.8. The molecule has 0 radical (unpaired) electrons. The van der Waals surface area contributed by atoms with E-state index in [1.165, 1.54) is 30.4 Å². The Hall–Kier alpha value is -1.30. The number of aliphatic hydroxyl groups is 1. The number of methoxy groups -OCH3 is 1. The first-order valence-corrected chi connectivity index (χ1v) is 11.2. The van der Waals surface area contributed by atoms with Crippen LogP contribution in [0.15, 0.2) is 12.1 Å². The van der Waals surface area contributed by atoms with Gasteiger partial charge in [-0.2, -0.15) is 0 Å². The van der Waals surface area contributed by atoms with Gasteiger partial charge >= 0.3 is 0 Å². The predicted molar refractivity (Wildman–Crippen MR) is 114 cm³/mol. The lowest BCUT2D eigenvalue weighted by Crippen LogP contribution is -2.53. The molecule has 1 N–H and O–H groups in total. The second-order valence-corrected chi connectivity index (χ2v) is 10.0. The van der Waals surface area contributed by atoms with Crippen molar-refractivity contribution in [3.8, 4) is 11.5 Å². The van der Waals surface area contributed by atoms with Crippen LogP contribution in [0.4, 0.5) is 0 Å². The number of hydrogen-bond donors (Lipinski definition) is 1. The highest BCUT2D eigenvalue weighted by molar-refractivity contribution is 5.50. The number of nitrogens with zero attached hydrogens (tertiary/aromatic N) is 1. The van der Waals surface area contributed by atoms with Gasteiger partial charge in [-0.05, 0) is 82.6 Å². The maximum atomic E-state index is 10.8. The van der Waals surface area contributed by atoms with Crippen LogP contribution in [0.2, 0.25) is 0 Å². The van der Waals surface area contributed by atoms with Crippen molar-refractivity contribution in [1.82, 2.24) is 4.90 Å². The van der Waals surface area contributed by atoms with E-state index in [-0.39, 0.29) is 23.9 Å². The quantitative estimate of drug-likeness (QED) is 0.802. The third-order valence-corrected chi connectivity index (χ3v) is 6.83. The summed E-state index contributed by atoms with van der Waals surface area (Å²) in [6.45, 7) is 10.1. The Morgan fingerprint density at radius 1 is 1.17 bits per heavy atom. The minimum Gasteiger partial charge on any atom is -0.493 e. The molecule has 4 rings (SSSR count). The van der Waals surface area contributed by atoms with Crippen molar-refractivity contribution in [2.24, 2.45) is 5.92 Å². The van der Waals surface area contributed by atoms with Gasteiger partial charge in [0, 0.05) is 19.1 Å². The molecule has 162 valence electrons. The highest BCUT2D eigenvalue weighted by Crippen LogP contribution is 2.43. The van der Waals surface area contributed by atoms with Gasteiger partial charge in [-0.15, -0.1) is 0 Å². The number of hydrogen-bond acceptors (Lipinski definition) is 5. The zero-order valence-electron chi connectivity index (χ0n) is 18.6. The molecule has 0 amide bonds. The molecule has 2 fully saturated rings. The first-order valence-electron chi connectivity index (χ1n) is 11.2. The molecule has 2 heterocycles. The van der Waals surface area contributed by atoms with Crippen LogP contribution in [-0.2, 0) is 11.2 Å². The minimum absolute atomic E-state index is 0.138. The molecular formula is C24H37NO4. The van der Waals surface area contributed by atoms with Gasteiger partial charge in [0.1, 0.15) is 0 Å². The molecule has 1 aliphatic carbocycles. The summed E-state index contributed by atoms with van der Waals surface area (Å²) >= 11 is 0. The van der Waals surface area contributed by atoms with Crippen molar-refractivity contribution in [2.45, 2.75) is 89.8 Å². The minimum atomic E-state index is -0.456. The normalized spacial score (nSPS) is 28.8. The standard InChI is InChI=1S/C24H37NO4/c1-15(16-7-6-8-16)28-22-11-17-9-10-25-14-23(29-24(2,3)4)20(26)13-19(25)18(17)12-21(22)27-5/h11-12,15-16,19-20,23,26H,6-10,13-14H2,1-5H3/t15-,19?,20?,23?/m0/s1. The van der Waals surface area contributed by atoms with Crippen molar-refractivity contribution in [2.75, 3.05) is 20.2 Å². The van der Waals surface area contributed by atoms with Crippen molar-refractivity contribution in [1.29, 1.82) is 0 Å². The van der Waals surface area contributed by atoms with E-state index >= 15 is 0 Å². The summed E-state index contributed by atoms with van der Waals surface area (Å²) in [5.74, 6) is 2.34. The number of fused-ring (bicyclic) bond motifs is 3. The monoisotopic (exact) mass is 403 g/mol. The fraction of sp³-hybridized carbons (Fsp3) is 0.750. The summed E-state index contributed by atoms with van der Waals surface area (Å²) in [5, 5.41) is 10.8. The number of benzene rings is 1. The van der Waals surface area contributed by atoms with E-state index in [0.717, 1.165) is 31.0 Å². The fourth-order valence-corrected chi connectivity index (χ4v) is 5.02. The summed E-state index contributed by atoms with van der Waals surface area (Å²) in [6, 6.07) is 4.54. The molecule has 29 heavy (non-hydrogen) atoms. The Morgan fingerprint density at radius 2 is 1.93 bits per heavy atom.